The Morgan fingerprint density at radius 2 is 1.59 bits per heavy atom. The molecule has 1 fully saturated rings. The molecule has 0 bridgehead atoms. The number of primary sulfonamides is 2. The van der Waals surface area contributed by atoms with Crippen LogP contribution in [0.3, 0.4) is 0 Å². The third-order valence-corrected chi connectivity index (χ3v) is 7.96. The number of nitrogens with zero attached hydrogens (tertiary/aromatic N) is 1. The standard InChI is InChI=1S/C13H21N5O6S3/c1-25(19,20)10-3-2-9(11(13(14)15)12(10)27(17,23)24)18-6-4-8(5-7-18)26(16,21)22/h2-3,8H,4-7H2,1H3,(H3,14,15)(H2,16,21,22)(H2,17,23,24). The minimum Gasteiger partial charge on any atom is -0.384 e. The van der Waals surface area contributed by atoms with Crippen LogP contribution in [0.5, 0.6) is 0 Å². The number of amidine groups is 1. The van der Waals surface area contributed by atoms with Gasteiger partial charge in [-0.1, -0.05) is 0 Å². The monoisotopic (exact) mass is 439 g/mol. The first-order valence-electron chi connectivity index (χ1n) is 7.65. The van der Waals surface area contributed by atoms with Gasteiger partial charge in [0.15, 0.2) is 9.84 Å². The Morgan fingerprint density at radius 3 is 1.96 bits per heavy atom. The van der Waals surface area contributed by atoms with Gasteiger partial charge in [0.2, 0.25) is 20.0 Å². The van der Waals surface area contributed by atoms with Crippen LogP contribution >= 0.6 is 0 Å². The zero-order valence-electron chi connectivity index (χ0n) is 14.4. The van der Waals surface area contributed by atoms with Crippen LogP contribution in [0.1, 0.15) is 18.4 Å². The van der Waals surface area contributed by atoms with Gasteiger partial charge in [0.05, 0.1) is 15.7 Å². The van der Waals surface area contributed by atoms with Gasteiger partial charge in [-0.05, 0) is 25.0 Å². The Balaban J connectivity index is 2.65. The lowest BCUT2D eigenvalue weighted by Gasteiger charge is -2.34. The summed E-state index contributed by atoms with van der Waals surface area (Å²) in [6.45, 7) is 0.396. The second-order valence-corrected chi connectivity index (χ2v) is 11.6. The normalized spacial score (nSPS) is 17.1. The van der Waals surface area contributed by atoms with Crippen molar-refractivity contribution >= 4 is 41.4 Å². The van der Waals surface area contributed by atoms with Crippen molar-refractivity contribution < 1.29 is 25.3 Å². The fourth-order valence-corrected chi connectivity index (χ4v) is 6.35. The van der Waals surface area contributed by atoms with Gasteiger partial charge in [0.25, 0.3) is 0 Å². The number of nitrogen functional groups attached to an aromatic ring is 1. The minimum absolute atomic E-state index is 0.187. The van der Waals surface area contributed by atoms with Crippen LogP contribution < -0.4 is 20.9 Å². The molecule has 27 heavy (non-hydrogen) atoms. The number of rotatable bonds is 5. The van der Waals surface area contributed by atoms with Gasteiger partial charge < -0.3 is 10.6 Å². The summed E-state index contributed by atoms with van der Waals surface area (Å²) < 4.78 is 71.1. The molecule has 1 heterocycles. The van der Waals surface area contributed by atoms with Crippen molar-refractivity contribution in [2.45, 2.75) is 27.9 Å². The lowest BCUT2D eigenvalue weighted by atomic mass is 10.1. The summed E-state index contributed by atoms with van der Waals surface area (Å²) in [5.41, 5.74) is 5.42. The molecule has 1 aliphatic heterocycles. The summed E-state index contributed by atoms with van der Waals surface area (Å²) in [7, 11) is -12.2. The lowest BCUT2D eigenvalue weighted by Crippen LogP contribution is -2.42. The number of piperidine rings is 1. The lowest BCUT2D eigenvalue weighted by molar-refractivity contribution is 0.530. The zero-order valence-corrected chi connectivity index (χ0v) is 16.9. The largest absolute Gasteiger partial charge is 0.384 e. The SMILES string of the molecule is CS(=O)(=O)c1ccc(N2CCC(S(N)(=O)=O)CC2)c(C(=N)N)c1S(N)(=O)=O. The van der Waals surface area contributed by atoms with Gasteiger partial charge >= 0.3 is 0 Å². The summed E-state index contributed by atoms with van der Waals surface area (Å²) in [5.74, 6) is -0.673. The quantitative estimate of drug-likeness (QED) is 0.305. The third kappa shape index (κ3) is 4.57. The van der Waals surface area contributed by atoms with Gasteiger partial charge in [-0.25, -0.2) is 35.5 Å². The molecule has 14 heteroatoms. The molecule has 1 aromatic carbocycles. The van der Waals surface area contributed by atoms with E-state index in [1.165, 1.54) is 6.07 Å². The van der Waals surface area contributed by atoms with Crippen LogP contribution in [0.25, 0.3) is 0 Å². The summed E-state index contributed by atoms with van der Waals surface area (Å²) in [5, 5.41) is 17.4. The molecule has 0 atom stereocenters. The topological polar surface area (TPSA) is 208 Å². The second-order valence-electron chi connectivity index (χ2n) is 6.29. The van der Waals surface area contributed by atoms with Crippen molar-refractivity contribution in [3.63, 3.8) is 0 Å². The Hall–Kier alpha value is -1.74. The summed E-state index contributed by atoms with van der Waals surface area (Å²) in [4.78, 5) is 0.320. The van der Waals surface area contributed by atoms with E-state index in [2.05, 4.69) is 0 Å². The number of sulfone groups is 1. The first-order valence-corrected chi connectivity index (χ1v) is 12.7. The molecule has 7 N–H and O–H groups in total. The van der Waals surface area contributed by atoms with Gasteiger partial charge in [0.1, 0.15) is 10.7 Å². The van der Waals surface area contributed by atoms with Crippen molar-refractivity contribution in [3.8, 4) is 0 Å². The van der Waals surface area contributed by atoms with E-state index in [0.717, 1.165) is 12.3 Å². The molecular formula is C13H21N5O6S3. The van der Waals surface area contributed by atoms with E-state index in [-0.39, 0.29) is 37.2 Å². The fourth-order valence-electron chi connectivity index (χ4n) is 3.08. The number of sulfonamides is 2. The molecule has 2 rings (SSSR count). The molecule has 0 spiro atoms. The van der Waals surface area contributed by atoms with Crippen LogP contribution in [0, 0.1) is 5.41 Å². The molecule has 0 unspecified atom stereocenters. The van der Waals surface area contributed by atoms with E-state index in [1.807, 2.05) is 0 Å². The van der Waals surface area contributed by atoms with Crippen LogP contribution in [-0.4, -0.2) is 55.7 Å². The number of nitrogens with two attached hydrogens (primary N) is 3. The maximum Gasteiger partial charge on any atom is 0.240 e. The van der Waals surface area contributed by atoms with E-state index < -0.39 is 50.8 Å². The highest BCUT2D eigenvalue weighted by Gasteiger charge is 2.33. The molecule has 0 saturated carbocycles. The highest BCUT2D eigenvalue weighted by molar-refractivity contribution is 7.93. The van der Waals surface area contributed by atoms with Crippen LogP contribution in [-0.2, 0) is 29.9 Å². The number of hydrogen-bond acceptors (Lipinski definition) is 8. The molecule has 0 aromatic heterocycles. The van der Waals surface area contributed by atoms with Crippen LogP contribution in [0.15, 0.2) is 21.9 Å². The molecule has 11 nitrogen and oxygen atoms in total. The third-order valence-electron chi connectivity index (χ3n) is 4.30. The highest BCUT2D eigenvalue weighted by Crippen LogP contribution is 2.33. The van der Waals surface area contributed by atoms with E-state index in [9.17, 15) is 25.3 Å². The molecule has 0 aliphatic carbocycles. The van der Waals surface area contributed by atoms with Gasteiger partial charge in [-0.15, -0.1) is 0 Å². The molecule has 0 radical (unpaired) electrons. The first-order chi connectivity index (χ1) is 12.1. The highest BCUT2D eigenvalue weighted by atomic mass is 32.2. The summed E-state index contributed by atoms with van der Waals surface area (Å²) in [6.07, 6.45) is 1.20. The molecule has 0 amide bonds. The number of benzene rings is 1. The predicted octanol–water partition coefficient (Wildman–Crippen LogP) is -1.72. The van der Waals surface area contributed by atoms with Gasteiger partial charge in [0, 0.05) is 25.0 Å². The Kier molecular flexibility index (Phi) is 5.60. The maximum atomic E-state index is 12.1. The van der Waals surface area contributed by atoms with Crippen LogP contribution in [0.4, 0.5) is 5.69 Å². The maximum absolute atomic E-state index is 12.1. The molecule has 1 saturated heterocycles. The van der Waals surface area contributed by atoms with Crippen molar-refractivity contribution in [1.82, 2.24) is 0 Å². The average molecular weight is 440 g/mol. The van der Waals surface area contributed by atoms with E-state index in [0.29, 0.717) is 0 Å². The zero-order chi connectivity index (χ0) is 20.8. The van der Waals surface area contributed by atoms with Crippen molar-refractivity contribution in [2.24, 2.45) is 16.0 Å². The van der Waals surface area contributed by atoms with Gasteiger partial charge in [-0.3, -0.25) is 5.41 Å². The van der Waals surface area contributed by atoms with E-state index in [4.69, 9.17) is 21.4 Å². The number of hydrogen-bond donors (Lipinski definition) is 4. The van der Waals surface area contributed by atoms with Crippen LogP contribution in [0.2, 0.25) is 0 Å². The Labute approximate surface area is 158 Å². The molecular weight excluding hydrogens is 418 g/mol. The number of nitrogens with one attached hydrogen (secondary N) is 1. The summed E-state index contributed by atoms with van der Waals surface area (Å²) >= 11 is 0. The smallest absolute Gasteiger partial charge is 0.240 e. The van der Waals surface area contributed by atoms with Crippen molar-refractivity contribution in [3.05, 3.63) is 17.7 Å². The average Bonchev–Trinajstić information content (AvgIpc) is 2.51. The molecule has 1 aliphatic rings. The van der Waals surface area contributed by atoms with Gasteiger partial charge in [-0.2, -0.15) is 0 Å². The summed E-state index contributed by atoms with van der Waals surface area (Å²) in [6, 6.07) is 2.42. The van der Waals surface area contributed by atoms with Crippen molar-refractivity contribution in [2.75, 3.05) is 24.2 Å². The Morgan fingerprint density at radius 1 is 1.07 bits per heavy atom. The van der Waals surface area contributed by atoms with E-state index in [1.54, 1.807) is 4.90 Å². The van der Waals surface area contributed by atoms with Crippen molar-refractivity contribution in [1.29, 1.82) is 5.41 Å². The minimum atomic E-state index is -4.53. The number of anilines is 1. The first kappa shape index (κ1) is 21.6. The molecule has 152 valence electrons. The Bertz CT molecular complexity index is 1090. The molecule has 1 aromatic rings. The van der Waals surface area contributed by atoms with E-state index >= 15 is 0 Å². The predicted molar refractivity (Wildman–Crippen MR) is 100 cm³/mol. The second kappa shape index (κ2) is 7.01. The fraction of sp³-hybridized carbons (Fsp3) is 0.462.